The maximum atomic E-state index is 12.2. The van der Waals surface area contributed by atoms with Gasteiger partial charge in [0.1, 0.15) is 0 Å². The quantitative estimate of drug-likeness (QED) is 0.500. The number of hydrogen-bond acceptors (Lipinski definition) is 6. The summed E-state index contributed by atoms with van der Waals surface area (Å²) >= 11 is 0. The molecular weight excluding hydrogens is 418 g/mol. The number of morpholine rings is 1. The largest absolute Gasteiger partial charge is 0.371 e. The molecule has 0 saturated carbocycles. The minimum Gasteiger partial charge on any atom is -0.371 e. The highest BCUT2D eigenvalue weighted by molar-refractivity contribution is 5.99. The van der Waals surface area contributed by atoms with Gasteiger partial charge in [-0.3, -0.25) is 4.98 Å². The molecule has 2 fully saturated rings. The van der Waals surface area contributed by atoms with Crippen LogP contribution in [0.1, 0.15) is 12.8 Å². The molecule has 1 aromatic carbocycles. The van der Waals surface area contributed by atoms with Gasteiger partial charge < -0.3 is 20.3 Å². The Bertz CT molecular complexity index is 1280. The van der Waals surface area contributed by atoms with Crippen molar-refractivity contribution in [2.75, 3.05) is 28.6 Å². The van der Waals surface area contributed by atoms with Gasteiger partial charge in [-0.1, -0.05) is 12.1 Å². The van der Waals surface area contributed by atoms with Crippen LogP contribution < -0.4 is 15.5 Å². The minimum atomic E-state index is -0.321. The highest BCUT2D eigenvalue weighted by atomic mass is 16.5. The van der Waals surface area contributed by atoms with Gasteiger partial charge in [0.2, 0.25) is 0 Å². The molecule has 6 rings (SSSR count). The molecule has 2 amide bonds. The Labute approximate surface area is 190 Å². The van der Waals surface area contributed by atoms with E-state index in [9.17, 15) is 4.79 Å². The van der Waals surface area contributed by atoms with E-state index in [0.717, 1.165) is 48.5 Å². The lowest BCUT2D eigenvalue weighted by molar-refractivity contribution is 0.0305. The van der Waals surface area contributed by atoms with Crippen LogP contribution in [0, 0.1) is 0 Å². The average molecular weight is 441 g/mol. The minimum absolute atomic E-state index is 0.290. The molecule has 5 heterocycles. The topological polar surface area (TPSA) is 96.7 Å². The van der Waals surface area contributed by atoms with Crippen molar-refractivity contribution in [2.45, 2.75) is 25.0 Å². The molecule has 2 N–H and O–H groups in total. The van der Waals surface area contributed by atoms with Crippen molar-refractivity contribution in [1.82, 2.24) is 19.6 Å². The summed E-state index contributed by atoms with van der Waals surface area (Å²) in [7, 11) is 0. The van der Waals surface area contributed by atoms with Crippen molar-refractivity contribution in [3.63, 3.8) is 0 Å². The second-order valence-electron chi connectivity index (χ2n) is 8.37. The third kappa shape index (κ3) is 3.98. The monoisotopic (exact) mass is 441 g/mol. The summed E-state index contributed by atoms with van der Waals surface area (Å²) in [5.41, 5.74) is 5.05. The Morgan fingerprint density at radius 3 is 2.55 bits per heavy atom. The van der Waals surface area contributed by atoms with Crippen LogP contribution in [0.4, 0.5) is 21.9 Å². The van der Waals surface area contributed by atoms with Crippen LogP contribution in [-0.4, -0.2) is 50.9 Å². The number of urea groups is 1. The van der Waals surface area contributed by atoms with E-state index in [-0.39, 0.29) is 6.03 Å². The second kappa shape index (κ2) is 8.18. The van der Waals surface area contributed by atoms with Gasteiger partial charge in [-0.15, -0.1) is 0 Å². The number of benzene rings is 1. The van der Waals surface area contributed by atoms with Crippen LogP contribution in [0.3, 0.4) is 0 Å². The molecule has 2 atom stereocenters. The number of anilines is 3. The number of nitrogens with zero attached hydrogens (tertiary/aromatic N) is 5. The Morgan fingerprint density at radius 1 is 1.00 bits per heavy atom. The van der Waals surface area contributed by atoms with E-state index in [1.807, 2.05) is 35.0 Å². The van der Waals surface area contributed by atoms with Crippen LogP contribution in [0.2, 0.25) is 0 Å². The Morgan fingerprint density at radius 2 is 1.79 bits per heavy atom. The zero-order chi connectivity index (χ0) is 22.2. The van der Waals surface area contributed by atoms with E-state index < -0.39 is 0 Å². The first kappa shape index (κ1) is 19.7. The number of carbonyl (C=O) groups is 1. The molecule has 0 spiro atoms. The number of pyridine rings is 1. The molecule has 166 valence electrons. The Balaban J connectivity index is 1.23. The lowest BCUT2D eigenvalue weighted by Crippen LogP contribution is -2.42. The molecule has 3 aromatic heterocycles. The first-order valence-electron chi connectivity index (χ1n) is 11.0. The first-order chi connectivity index (χ1) is 16.2. The van der Waals surface area contributed by atoms with Crippen LogP contribution in [-0.2, 0) is 4.74 Å². The number of fused-ring (bicyclic) bond motifs is 3. The fourth-order valence-electron chi connectivity index (χ4n) is 4.54. The average Bonchev–Trinajstić information content (AvgIpc) is 3.45. The second-order valence-corrected chi connectivity index (χ2v) is 8.37. The predicted octanol–water partition coefficient (Wildman–Crippen LogP) is 3.80. The summed E-state index contributed by atoms with van der Waals surface area (Å²) in [4.78, 5) is 23.1. The van der Waals surface area contributed by atoms with Crippen molar-refractivity contribution in [1.29, 1.82) is 0 Å². The van der Waals surface area contributed by atoms with E-state index in [4.69, 9.17) is 9.84 Å². The van der Waals surface area contributed by atoms with Gasteiger partial charge in [-0.25, -0.2) is 14.3 Å². The van der Waals surface area contributed by atoms with E-state index in [0.29, 0.717) is 23.6 Å². The van der Waals surface area contributed by atoms with E-state index >= 15 is 0 Å². The number of amides is 2. The van der Waals surface area contributed by atoms with Crippen molar-refractivity contribution in [3.05, 3.63) is 67.3 Å². The molecule has 2 saturated heterocycles. The lowest BCUT2D eigenvalue weighted by Gasteiger charge is -2.34. The third-order valence-electron chi connectivity index (χ3n) is 6.08. The van der Waals surface area contributed by atoms with Gasteiger partial charge >= 0.3 is 6.03 Å². The summed E-state index contributed by atoms with van der Waals surface area (Å²) in [5.74, 6) is 0. The fraction of sp³-hybridized carbons (Fsp3) is 0.250. The fourth-order valence-corrected chi connectivity index (χ4v) is 4.54. The molecule has 0 aliphatic carbocycles. The van der Waals surface area contributed by atoms with Crippen LogP contribution in [0.5, 0.6) is 0 Å². The van der Waals surface area contributed by atoms with Gasteiger partial charge in [0.05, 0.1) is 35.5 Å². The van der Waals surface area contributed by atoms with Crippen LogP contribution >= 0.6 is 0 Å². The smallest absolute Gasteiger partial charge is 0.323 e. The number of aromatic nitrogens is 4. The molecule has 33 heavy (non-hydrogen) atoms. The molecule has 9 nitrogen and oxygen atoms in total. The summed E-state index contributed by atoms with van der Waals surface area (Å²) in [6.45, 7) is 1.74. The lowest BCUT2D eigenvalue weighted by atomic mass is 10.1. The number of nitrogens with one attached hydrogen (secondary N) is 2. The third-order valence-corrected chi connectivity index (χ3v) is 6.08. The SMILES string of the molecule is O=C(Nc1ccc(-c2cc(N3CC4CCC(C3)O4)c3nccn3n2)cc1)Nc1cccnc1. The van der Waals surface area contributed by atoms with Crippen LogP contribution in [0.15, 0.2) is 67.3 Å². The Kier molecular flexibility index (Phi) is 4.88. The normalized spacial score (nSPS) is 19.6. The molecule has 9 heteroatoms. The first-order valence-corrected chi connectivity index (χ1v) is 11.0. The number of imidazole rings is 1. The molecule has 0 radical (unpaired) electrons. The summed E-state index contributed by atoms with van der Waals surface area (Å²) in [6, 6.07) is 13.0. The predicted molar refractivity (Wildman–Crippen MR) is 125 cm³/mol. The summed E-state index contributed by atoms with van der Waals surface area (Å²) in [5, 5.41) is 10.3. The zero-order valence-corrected chi connectivity index (χ0v) is 17.9. The maximum absolute atomic E-state index is 12.2. The molecule has 2 unspecified atom stereocenters. The number of hydrogen-bond donors (Lipinski definition) is 2. The van der Waals surface area contributed by atoms with E-state index in [2.05, 4.69) is 31.6 Å². The van der Waals surface area contributed by atoms with Gasteiger partial charge in [0.25, 0.3) is 0 Å². The highest BCUT2D eigenvalue weighted by Crippen LogP contribution is 2.33. The standard InChI is InChI=1S/C24H23N7O2/c32-24(28-18-2-1-9-25-13-18)27-17-5-3-16(4-6-17)21-12-22(23-26-10-11-31(23)29-21)30-14-19-7-8-20(15-30)33-19/h1-6,9-13,19-20H,7-8,14-15H2,(H2,27,28,32). The number of ether oxygens (including phenoxy) is 1. The van der Waals surface area contributed by atoms with Gasteiger partial charge in [-0.05, 0) is 43.2 Å². The van der Waals surface area contributed by atoms with Crippen molar-refractivity contribution >= 4 is 28.7 Å². The summed E-state index contributed by atoms with van der Waals surface area (Å²) in [6.07, 6.45) is 9.72. The molecule has 4 aromatic rings. The zero-order valence-electron chi connectivity index (χ0n) is 17.9. The molecule has 2 aliphatic heterocycles. The van der Waals surface area contributed by atoms with Crippen molar-refractivity contribution in [3.8, 4) is 11.3 Å². The summed E-state index contributed by atoms with van der Waals surface area (Å²) < 4.78 is 7.84. The highest BCUT2D eigenvalue weighted by Gasteiger charge is 2.34. The number of carbonyl (C=O) groups excluding carboxylic acids is 1. The maximum Gasteiger partial charge on any atom is 0.323 e. The van der Waals surface area contributed by atoms with Gasteiger partial charge in [0, 0.05) is 42.9 Å². The van der Waals surface area contributed by atoms with E-state index in [1.165, 1.54) is 0 Å². The number of rotatable bonds is 4. The molecule has 2 aliphatic rings. The van der Waals surface area contributed by atoms with Crippen molar-refractivity contribution in [2.24, 2.45) is 0 Å². The van der Waals surface area contributed by atoms with Gasteiger partial charge in [0.15, 0.2) is 5.65 Å². The van der Waals surface area contributed by atoms with Crippen LogP contribution in [0.25, 0.3) is 16.9 Å². The van der Waals surface area contributed by atoms with E-state index in [1.54, 1.807) is 30.7 Å². The molecule has 2 bridgehead atoms. The molecular formula is C24H23N7O2. The van der Waals surface area contributed by atoms with Crippen molar-refractivity contribution < 1.29 is 9.53 Å². The van der Waals surface area contributed by atoms with Gasteiger partial charge in [-0.2, -0.15) is 5.10 Å². The Hall–Kier alpha value is -3.98.